The van der Waals surface area contributed by atoms with E-state index in [1.54, 1.807) is 33.5 Å². The maximum Gasteiger partial charge on any atom is 0.254 e. The molecule has 0 saturated heterocycles. The average Bonchev–Trinajstić information content (AvgIpc) is 3.07. The van der Waals surface area contributed by atoms with E-state index in [-0.39, 0.29) is 5.91 Å². The highest BCUT2D eigenvalue weighted by atomic mass is 16.5. The molecule has 9 nitrogen and oxygen atoms in total. The maximum atomic E-state index is 12.0. The van der Waals surface area contributed by atoms with Gasteiger partial charge in [0, 0.05) is 19.4 Å². The van der Waals surface area contributed by atoms with E-state index in [9.17, 15) is 4.79 Å². The summed E-state index contributed by atoms with van der Waals surface area (Å²) >= 11 is 0. The number of benzene rings is 1. The highest BCUT2D eigenvalue weighted by Gasteiger charge is 2.17. The number of nitrogens with zero attached hydrogens (tertiary/aromatic N) is 5. The number of anilines is 2. The first-order chi connectivity index (χ1) is 12.1. The van der Waals surface area contributed by atoms with Crippen LogP contribution in [0.1, 0.15) is 10.4 Å². The van der Waals surface area contributed by atoms with Gasteiger partial charge in [0.1, 0.15) is 0 Å². The zero-order valence-corrected chi connectivity index (χ0v) is 14.0. The van der Waals surface area contributed by atoms with Crippen LogP contribution in [0.15, 0.2) is 36.7 Å². The minimum Gasteiger partial charge on any atom is -0.494 e. The van der Waals surface area contributed by atoms with Crippen LogP contribution in [-0.2, 0) is 7.05 Å². The number of para-hydroxylation sites is 1. The van der Waals surface area contributed by atoms with Crippen molar-refractivity contribution in [2.75, 3.05) is 19.5 Å². The summed E-state index contributed by atoms with van der Waals surface area (Å²) in [6, 6.07) is 7.24. The fourth-order valence-corrected chi connectivity index (χ4v) is 2.39. The lowest BCUT2D eigenvalue weighted by atomic mass is 10.1. The second-order valence-electron chi connectivity index (χ2n) is 5.11. The molecule has 2 N–H and O–H groups in total. The van der Waals surface area contributed by atoms with Gasteiger partial charge in [-0.2, -0.15) is 4.80 Å². The molecule has 0 bridgehead atoms. The Morgan fingerprint density at radius 1 is 1.24 bits per heavy atom. The van der Waals surface area contributed by atoms with Crippen LogP contribution >= 0.6 is 0 Å². The first-order valence-corrected chi connectivity index (χ1v) is 7.48. The molecule has 2 aromatic heterocycles. The molecule has 0 aliphatic rings. The van der Waals surface area contributed by atoms with Crippen molar-refractivity contribution in [1.29, 1.82) is 0 Å². The fourth-order valence-electron chi connectivity index (χ4n) is 2.39. The van der Waals surface area contributed by atoms with Gasteiger partial charge in [-0.1, -0.05) is 6.07 Å². The Morgan fingerprint density at radius 2 is 2.08 bits per heavy atom. The third-order valence-electron chi connectivity index (χ3n) is 3.53. The Bertz CT molecular complexity index is 907. The van der Waals surface area contributed by atoms with Crippen molar-refractivity contribution in [2.24, 2.45) is 7.05 Å². The summed E-state index contributed by atoms with van der Waals surface area (Å²) in [5.74, 6) is 0.765. The van der Waals surface area contributed by atoms with E-state index in [4.69, 9.17) is 4.74 Å². The van der Waals surface area contributed by atoms with E-state index in [1.807, 2.05) is 18.2 Å². The van der Waals surface area contributed by atoms with Crippen molar-refractivity contribution in [3.63, 3.8) is 0 Å². The average molecular weight is 339 g/mol. The van der Waals surface area contributed by atoms with E-state index in [2.05, 4.69) is 31.0 Å². The Kier molecular flexibility index (Phi) is 4.55. The molecule has 0 aliphatic heterocycles. The van der Waals surface area contributed by atoms with Crippen LogP contribution in [0.3, 0.4) is 0 Å². The molecular formula is C16H17N7O2. The van der Waals surface area contributed by atoms with Gasteiger partial charge in [-0.15, -0.1) is 10.2 Å². The summed E-state index contributed by atoms with van der Waals surface area (Å²) in [6.07, 6.45) is 3.11. The van der Waals surface area contributed by atoms with Gasteiger partial charge in [-0.3, -0.25) is 9.78 Å². The summed E-state index contributed by atoms with van der Waals surface area (Å²) in [4.78, 5) is 17.4. The minimum atomic E-state index is -0.235. The van der Waals surface area contributed by atoms with Crippen LogP contribution in [0.25, 0.3) is 11.4 Å². The number of rotatable bonds is 5. The van der Waals surface area contributed by atoms with Crippen LogP contribution in [0.4, 0.5) is 11.4 Å². The predicted molar refractivity (Wildman–Crippen MR) is 91.7 cm³/mol. The van der Waals surface area contributed by atoms with Gasteiger partial charge in [-0.25, -0.2) is 0 Å². The molecule has 0 radical (unpaired) electrons. The molecule has 0 aliphatic carbocycles. The lowest BCUT2D eigenvalue weighted by molar-refractivity contribution is 0.0963. The summed E-state index contributed by atoms with van der Waals surface area (Å²) in [6.45, 7) is 0. The number of carbonyl (C=O) groups excluding carboxylic acids is 1. The molecule has 3 aromatic rings. The van der Waals surface area contributed by atoms with Crippen molar-refractivity contribution in [2.45, 2.75) is 0 Å². The second-order valence-corrected chi connectivity index (χ2v) is 5.11. The lowest BCUT2D eigenvalue weighted by Crippen LogP contribution is -2.19. The van der Waals surface area contributed by atoms with Crippen molar-refractivity contribution < 1.29 is 9.53 Å². The number of carbonyl (C=O) groups is 1. The van der Waals surface area contributed by atoms with E-state index in [1.165, 1.54) is 11.0 Å². The SMILES string of the molecule is CNC(=O)c1cnccc1Nc1cccc(-c2nnn(C)n2)c1OC. The Morgan fingerprint density at radius 3 is 2.76 bits per heavy atom. The van der Waals surface area contributed by atoms with E-state index in [0.717, 1.165) is 0 Å². The number of pyridine rings is 1. The number of tetrazole rings is 1. The molecule has 1 aromatic carbocycles. The molecule has 9 heteroatoms. The van der Waals surface area contributed by atoms with Gasteiger partial charge in [0.05, 0.1) is 36.7 Å². The molecule has 25 heavy (non-hydrogen) atoms. The molecule has 1 amide bonds. The molecule has 0 fully saturated rings. The summed E-state index contributed by atoms with van der Waals surface area (Å²) < 4.78 is 5.54. The Labute approximate surface area is 144 Å². The summed E-state index contributed by atoms with van der Waals surface area (Å²) in [5, 5.41) is 17.9. The molecule has 0 spiro atoms. The number of ether oxygens (including phenoxy) is 1. The standard InChI is InChI=1S/C16H17N7O2/c1-17-16(24)11-9-18-8-7-12(11)19-13-6-4-5-10(14(13)25-3)15-20-22-23(2)21-15/h4-9H,1-3H3,(H,17,24)(H,18,19). The third kappa shape index (κ3) is 3.25. The number of aryl methyl sites for hydroxylation is 1. The summed E-state index contributed by atoms with van der Waals surface area (Å²) in [5.41, 5.74) is 2.40. The molecule has 2 heterocycles. The van der Waals surface area contributed by atoms with Gasteiger partial charge in [0.25, 0.3) is 5.91 Å². The first-order valence-electron chi connectivity index (χ1n) is 7.48. The van der Waals surface area contributed by atoms with Gasteiger partial charge in [-0.05, 0) is 23.4 Å². The Balaban J connectivity index is 2.03. The van der Waals surface area contributed by atoms with Crippen molar-refractivity contribution >= 4 is 17.3 Å². The number of nitrogens with one attached hydrogen (secondary N) is 2. The highest BCUT2D eigenvalue weighted by Crippen LogP contribution is 2.36. The van der Waals surface area contributed by atoms with E-state index in [0.29, 0.717) is 34.1 Å². The first kappa shape index (κ1) is 16.4. The quantitative estimate of drug-likeness (QED) is 0.723. The number of hydrogen-bond donors (Lipinski definition) is 2. The number of hydrogen-bond acceptors (Lipinski definition) is 7. The smallest absolute Gasteiger partial charge is 0.254 e. The van der Waals surface area contributed by atoms with Crippen LogP contribution in [-0.4, -0.2) is 45.3 Å². The highest BCUT2D eigenvalue weighted by molar-refractivity contribution is 6.00. The second kappa shape index (κ2) is 6.95. The predicted octanol–water partition coefficient (Wildman–Crippen LogP) is 1.38. The van der Waals surface area contributed by atoms with Crippen LogP contribution in [0.2, 0.25) is 0 Å². The lowest BCUT2D eigenvalue weighted by Gasteiger charge is -2.15. The molecule has 128 valence electrons. The van der Waals surface area contributed by atoms with Crippen molar-refractivity contribution in [3.8, 4) is 17.1 Å². The maximum absolute atomic E-state index is 12.0. The van der Waals surface area contributed by atoms with E-state index >= 15 is 0 Å². The van der Waals surface area contributed by atoms with Crippen LogP contribution in [0.5, 0.6) is 5.75 Å². The van der Waals surface area contributed by atoms with Crippen LogP contribution < -0.4 is 15.4 Å². The number of methoxy groups -OCH3 is 1. The monoisotopic (exact) mass is 339 g/mol. The van der Waals surface area contributed by atoms with Crippen LogP contribution in [0, 0.1) is 0 Å². The molecule has 0 saturated carbocycles. The molecule has 0 unspecified atom stereocenters. The van der Waals surface area contributed by atoms with E-state index < -0.39 is 0 Å². The number of aromatic nitrogens is 5. The van der Waals surface area contributed by atoms with Gasteiger partial charge < -0.3 is 15.4 Å². The zero-order valence-electron chi connectivity index (χ0n) is 14.0. The number of amides is 1. The summed E-state index contributed by atoms with van der Waals surface area (Å²) in [7, 11) is 4.82. The van der Waals surface area contributed by atoms with Crippen molar-refractivity contribution in [3.05, 3.63) is 42.2 Å². The third-order valence-corrected chi connectivity index (χ3v) is 3.53. The van der Waals surface area contributed by atoms with Gasteiger partial charge >= 0.3 is 0 Å². The topological polar surface area (TPSA) is 107 Å². The largest absolute Gasteiger partial charge is 0.494 e. The zero-order chi connectivity index (χ0) is 17.8. The minimum absolute atomic E-state index is 0.235. The normalized spacial score (nSPS) is 10.4. The molecule has 3 rings (SSSR count). The molecular weight excluding hydrogens is 322 g/mol. The van der Waals surface area contributed by atoms with Gasteiger partial charge in [0.15, 0.2) is 5.75 Å². The van der Waals surface area contributed by atoms with Crippen molar-refractivity contribution in [1.82, 2.24) is 30.5 Å². The Hall–Kier alpha value is -3.49. The van der Waals surface area contributed by atoms with Gasteiger partial charge in [0.2, 0.25) is 5.82 Å². The fraction of sp³-hybridized carbons (Fsp3) is 0.188. The molecule has 0 atom stereocenters.